The fourth-order valence-corrected chi connectivity index (χ4v) is 4.37. The van der Waals surface area contributed by atoms with Gasteiger partial charge in [-0.1, -0.05) is 86.0 Å². The Morgan fingerprint density at radius 3 is 2.58 bits per heavy atom. The molecule has 1 aromatic carbocycles. The van der Waals surface area contributed by atoms with Gasteiger partial charge in [0.1, 0.15) is 5.37 Å². The lowest BCUT2D eigenvalue weighted by Crippen LogP contribution is -2.26. The van der Waals surface area contributed by atoms with Crippen LogP contribution in [0.1, 0.15) is 72.8 Å². The molecule has 0 fully saturated rings. The van der Waals surface area contributed by atoms with Crippen LogP contribution >= 0.6 is 11.8 Å². The molecule has 1 N–H and O–H groups in total. The third kappa shape index (κ3) is 9.86. The summed E-state index contributed by atoms with van der Waals surface area (Å²) < 4.78 is 0. The molecule has 4 nitrogen and oxygen atoms in total. The molecule has 1 aromatic rings. The van der Waals surface area contributed by atoms with Crippen molar-refractivity contribution < 1.29 is 4.92 Å². The zero-order chi connectivity index (χ0) is 24.6. The molecule has 0 aliphatic rings. The first kappa shape index (κ1) is 28.5. The zero-order valence-electron chi connectivity index (χ0n) is 20.9. The Hall–Kier alpha value is -2.55. The van der Waals surface area contributed by atoms with Gasteiger partial charge in [-0.2, -0.15) is 0 Å². The summed E-state index contributed by atoms with van der Waals surface area (Å²) in [5, 5.41) is 15.2. The molecule has 178 valence electrons. The Labute approximate surface area is 204 Å². The highest BCUT2D eigenvalue weighted by Gasteiger charge is 2.22. The Bertz CT molecular complexity index is 962. The number of para-hydroxylation sites is 1. The average Bonchev–Trinajstić information content (AvgIpc) is 2.82. The van der Waals surface area contributed by atoms with Gasteiger partial charge >= 0.3 is 0 Å². The molecule has 0 saturated carbocycles. The molecule has 0 spiro atoms. The Balaban J connectivity index is 3.33. The summed E-state index contributed by atoms with van der Waals surface area (Å²) in [6.07, 6.45) is 11.7. The van der Waals surface area contributed by atoms with Gasteiger partial charge in [-0.15, -0.1) is 5.92 Å². The lowest BCUT2D eigenvalue weighted by Gasteiger charge is -2.20. The first-order valence-electron chi connectivity index (χ1n) is 11.7. The number of allylic oxidation sites excluding steroid dienone is 6. The molecule has 1 unspecified atom stereocenters. The third-order valence-corrected chi connectivity index (χ3v) is 6.35. The number of thioether (sulfide) groups is 1. The number of hydrogen-bond acceptors (Lipinski definition) is 4. The number of nitrogens with one attached hydrogen (secondary N) is 1. The van der Waals surface area contributed by atoms with Gasteiger partial charge in [0.15, 0.2) is 0 Å². The predicted octanol–water partition coefficient (Wildman–Crippen LogP) is 8.05. The molecule has 0 bridgehead atoms. The van der Waals surface area contributed by atoms with Crippen molar-refractivity contribution >= 4 is 23.0 Å². The second kappa shape index (κ2) is 16.1. The quantitative estimate of drug-likeness (QED) is 0.111. The Morgan fingerprint density at radius 2 is 1.97 bits per heavy atom. The summed E-state index contributed by atoms with van der Waals surface area (Å²) in [7, 11) is 0. The molecule has 1 atom stereocenters. The summed E-state index contributed by atoms with van der Waals surface area (Å²) >= 11 is 1.67. The molecule has 0 aromatic heterocycles. The van der Waals surface area contributed by atoms with E-state index in [1.54, 1.807) is 23.9 Å². The normalized spacial score (nSPS) is 14.0. The fraction of sp³-hybridized carbons (Fsp3) is 0.429. The molecule has 1 rings (SSSR count). The summed E-state index contributed by atoms with van der Waals surface area (Å²) in [5.41, 5.74) is 4.22. The molecular weight excluding hydrogens is 428 g/mol. The minimum absolute atomic E-state index is 0.0982. The molecule has 0 saturated heterocycles. The largest absolute Gasteiger partial charge is 0.295 e. The first-order chi connectivity index (χ1) is 15.9. The van der Waals surface area contributed by atoms with Crippen LogP contribution in [0.3, 0.4) is 0 Å². The highest BCUT2D eigenvalue weighted by atomic mass is 32.2. The molecule has 0 radical (unpaired) electrons. The lowest BCUT2D eigenvalue weighted by molar-refractivity contribution is -0.385. The number of nitro benzene ring substituents is 1. The maximum Gasteiger partial charge on any atom is 0.277 e. The number of rotatable bonds is 12. The van der Waals surface area contributed by atoms with Crippen LogP contribution in [-0.2, 0) is 0 Å². The van der Waals surface area contributed by atoms with Crippen molar-refractivity contribution in [2.45, 2.75) is 72.6 Å². The van der Waals surface area contributed by atoms with E-state index < -0.39 is 0 Å². The molecule has 0 amide bonds. The van der Waals surface area contributed by atoms with Gasteiger partial charge in [0.2, 0.25) is 0 Å². The van der Waals surface area contributed by atoms with Crippen LogP contribution < -0.4 is 5.32 Å². The molecule has 0 aliphatic carbocycles. The third-order valence-electron chi connectivity index (χ3n) is 5.03. The van der Waals surface area contributed by atoms with Gasteiger partial charge in [-0.05, 0) is 51.7 Å². The summed E-state index contributed by atoms with van der Waals surface area (Å²) in [6.45, 7) is 13.3. The van der Waals surface area contributed by atoms with Gasteiger partial charge in [-0.25, -0.2) is 0 Å². The van der Waals surface area contributed by atoms with Crippen LogP contribution in [0.15, 0.2) is 64.6 Å². The van der Waals surface area contributed by atoms with E-state index in [0.29, 0.717) is 5.56 Å². The van der Waals surface area contributed by atoms with Crippen molar-refractivity contribution in [1.29, 1.82) is 0 Å². The van der Waals surface area contributed by atoms with E-state index in [1.165, 1.54) is 11.1 Å². The van der Waals surface area contributed by atoms with Gasteiger partial charge < -0.3 is 0 Å². The number of benzene rings is 1. The van der Waals surface area contributed by atoms with Gasteiger partial charge in [-0.3, -0.25) is 15.4 Å². The zero-order valence-corrected chi connectivity index (χ0v) is 21.7. The lowest BCUT2D eigenvalue weighted by atomic mass is 9.99. The minimum atomic E-state index is -0.297. The van der Waals surface area contributed by atoms with Crippen molar-refractivity contribution in [3.63, 3.8) is 0 Å². The average molecular weight is 467 g/mol. The summed E-state index contributed by atoms with van der Waals surface area (Å²) in [5.74, 6) is 6.57. The smallest absolute Gasteiger partial charge is 0.277 e. The highest BCUT2D eigenvalue weighted by molar-refractivity contribution is 8.04. The molecule has 0 aliphatic heterocycles. The maximum atomic E-state index is 11.7. The van der Waals surface area contributed by atoms with Crippen molar-refractivity contribution in [3.8, 4) is 11.8 Å². The van der Waals surface area contributed by atoms with Gasteiger partial charge in [0.25, 0.3) is 5.69 Å². The van der Waals surface area contributed by atoms with Crippen molar-refractivity contribution in [3.05, 3.63) is 80.3 Å². The van der Waals surface area contributed by atoms with E-state index in [-0.39, 0.29) is 16.0 Å². The summed E-state index contributed by atoms with van der Waals surface area (Å²) in [6, 6.07) is 7.00. The van der Waals surface area contributed by atoms with E-state index in [0.717, 1.165) is 42.7 Å². The molecule has 0 heterocycles. The van der Waals surface area contributed by atoms with Crippen molar-refractivity contribution in [1.82, 2.24) is 5.32 Å². The van der Waals surface area contributed by atoms with E-state index in [1.807, 2.05) is 32.1 Å². The van der Waals surface area contributed by atoms with Gasteiger partial charge in [0.05, 0.1) is 10.5 Å². The second-order valence-electron chi connectivity index (χ2n) is 7.68. The SMILES string of the molecule is C/C=C\C=C(/C)CCNC(C#CCC)SC(/C(=C\CC)c1ccccc1[N+](=O)[O-])=C(\C)CC. The number of hydrogen-bond donors (Lipinski definition) is 1. The number of nitro groups is 1. The van der Waals surface area contributed by atoms with Gasteiger partial charge in [0, 0.05) is 23.9 Å². The van der Waals surface area contributed by atoms with Crippen molar-refractivity contribution in [2.75, 3.05) is 6.54 Å². The first-order valence-corrected chi connectivity index (χ1v) is 12.6. The summed E-state index contributed by atoms with van der Waals surface area (Å²) in [4.78, 5) is 12.5. The second-order valence-corrected chi connectivity index (χ2v) is 8.79. The van der Waals surface area contributed by atoms with Crippen LogP contribution in [0, 0.1) is 22.0 Å². The minimum Gasteiger partial charge on any atom is -0.295 e. The molecular formula is C28H38N2O2S. The fourth-order valence-electron chi connectivity index (χ4n) is 3.12. The molecule has 33 heavy (non-hydrogen) atoms. The van der Waals surface area contributed by atoms with E-state index in [2.05, 4.69) is 63.1 Å². The van der Waals surface area contributed by atoms with Crippen LogP contribution in [-0.4, -0.2) is 16.8 Å². The maximum absolute atomic E-state index is 11.7. The van der Waals surface area contributed by atoms with E-state index in [9.17, 15) is 10.1 Å². The van der Waals surface area contributed by atoms with Crippen LogP contribution in [0.25, 0.3) is 5.57 Å². The van der Waals surface area contributed by atoms with E-state index in [4.69, 9.17) is 0 Å². The van der Waals surface area contributed by atoms with Crippen LogP contribution in [0.5, 0.6) is 0 Å². The predicted molar refractivity (Wildman–Crippen MR) is 145 cm³/mol. The topological polar surface area (TPSA) is 55.2 Å². The Kier molecular flexibility index (Phi) is 13.9. The van der Waals surface area contributed by atoms with Crippen molar-refractivity contribution in [2.24, 2.45) is 0 Å². The number of nitrogens with zero attached hydrogens (tertiary/aromatic N) is 1. The monoisotopic (exact) mass is 466 g/mol. The molecule has 5 heteroatoms. The van der Waals surface area contributed by atoms with Crippen LogP contribution in [0.4, 0.5) is 5.69 Å². The van der Waals surface area contributed by atoms with Crippen LogP contribution in [0.2, 0.25) is 0 Å². The standard InChI is InChI=1S/C28H38N2O2S/c1-7-11-16-22(5)20-21-29-27(19-12-8-2)33-28(23(6)10-4)25(15-9-3)24-17-13-14-18-26(24)30(31)32/h7,11,13-18,27,29H,8-10,20-21H2,1-6H3/b11-7-,22-16+,25-15-,28-23+. The highest BCUT2D eigenvalue weighted by Crippen LogP contribution is 2.40. The van der Waals surface area contributed by atoms with E-state index >= 15 is 0 Å². The Morgan fingerprint density at radius 1 is 1.24 bits per heavy atom.